The van der Waals surface area contributed by atoms with Gasteiger partial charge in [0.2, 0.25) is 0 Å². The molecule has 2 unspecified atom stereocenters. The molecule has 206 valence electrons. The highest BCUT2D eigenvalue weighted by Gasteiger charge is 2.32. The van der Waals surface area contributed by atoms with Crippen molar-refractivity contribution in [3.8, 4) is 0 Å². The van der Waals surface area contributed by atoms with E-state index in [9.17, 15) is 9.59 Å². The third kappa shape index (κ3) is 7.49. The molecule has 0 saturated heterocycles. The van der Waals surface area contributed by atoms with Crippen molar-refractivity contribution < 1.29 is 19.1 Å². The van der Waals surface area contributed by atoms with Gasteiger partial charge in [0, 0.05) is 24.0 Å². The van der Waals surface area contributed by atoms with Crippen molar-refractivity contribution in [2.24, 2.45) is 0 Å². The molecular formula is C32H37BrN2O4. The maximum atomic E-state index is 13.7. The number of rotatable bonds is 10. The second kappa shape index (κ2) is 13.8. The molecule has 4 rings (SSSR count). The van der Waals surface area contributed by atoms with Gasteiger partial charge in [0.15, 0.2) is 12.2 Å². The molecule has 0 bridgehead atoms. The molecule has 6 nitrogen and oxygen atoms in total. The van der Waals surface area contributed by atoms with Crippen LogP contribution in [0.1, 0.15) is 85.2 Å². The maximum Gasteiger partial charge on any atom is 0.338 e. The smallest absolute Gasteiger partial charge is 0.338 e. The minimum atomic E-state index is -0.848. The molecule has 3 aromatic carbocycles. The van der Waals surface area contributed by atoms with Gasteiger partial charge in [-0.1, -0.05) is 86.8 Å². The lowest BCUT2D eigenvalue weighted by Crippen LogP contribution is -2.36. The van der Waals surface area contributed by atoms with E-state index < -0.39 is 24.1 Å². The maximum absolute atomic E-state index is 13.7. The average Bonchev–Trinajstić information content (AvgIpc) is 2.96. The first-order chi connectivity index (χ1) is 18.9. The summed E-state index contributed by atoms with van der Waals surface area (Å²) in [6.07, 6.45) is 4.51. The number of nitrogens with zero attached hydrogens (tertiary/aromatic N) is 1. The van der Waals surface area contributed by atoms with Gasteiger partial charge in [0.25, 0.3) is 0 Å². The van der Waals surface area contributed by atoms with Gasteiger partial charge in [-0.2, -0.15) is 0 Å². The molecule has 3 aromatic rings. The van der Waals surface area contributed by atoms with E-state index in [-0.39, 0.29) is 0 Å². The molecule has 0 heterocycles. The highest BCUT2D eigenvalue weighted by Crippen LogP contribution is 2.37. The summed E-state index contributed by atoms with van der Waals surface area (Å²) in [6, 6.07) is 22.8. The Hall–Kier alpha value is -3.16. The molecule has 1 aliphatic rings. The normalized spacial score (nSPS) is 15.5. The van der Waals surface area contributed by atoms with Gasteiger partial charge in [-0.05, 0) is 64.1 Å². The van der Waals surface area contributed by atoms with Crippen LogP contribution in [0.3, 0.4) is 0 Å². The molecule has 0 spiro atoms. The Bertz CT molecular complexity index is 1250. The first kappa shape index (κ1) is 28.8. The van der Waals surface area contributed by atoms with Crippen LogP contribution in [0.15, 0.2) is 77.3 Å². The standard InChI is InChI=1S/C32H37BrN2O4/c1-3-35(27-17-11-6-12-18-27)21-26-19-25(20-28(33)29(26)34)32(37)39-31(24-15-9-5-10-16-24)30(38-22(2)36)23-13-7-4-8-14-23/h4-5,7-10,13-16,19-20,27,30-31H,3,6,11-12,17-18,21,34H2,1-2H3. The Kier molecular flexibility index (Phi) is 10.2. The fraction of sp³-hybridized carbons (Fsp3) is 0.375. The molecule has 0 aromatic heterocycles. The van der Waals surface area contributed by atoms with Crippen LogP contribution in [0.2, 0.25) is 0 Å². The first-order valence-electron chi connectivity index (χ1n) is 13.7. The highest BCUT2D eigenvalue weighted by molar-refractivity contribution is 9.10. The summed E-state index contributed by atoms with van der Waals surface area (Å²) in [6.45, 7) is 5.10. The third-order valence-electron chi connectivity index (χ3n) is 7.38. The quantitative estimate of drug-likeness (QED) is 0.195. The molecule has 1 saturated carbocycles. The van der Waals surface area contributed by atoms with Gasteiger partial charge in [-0.3, -0.25) is 9.69 Å². The third-order valence-corrected chi connectivity index (χ3v) is 8.04. The number of halogens is 1. The number of esters is 2. The zero-order valence-corrected chi connectivity index (χ0v) is 24.2. The van der Waals surface area contributed by atoms with Crippen LogP contribution >= 0.6 is 15.9 Å². The number of hydrogen-bond donors (Lipinski definition) is 1. The van der Waals surface area contributed by atoms with Crippen LogP contribution in [-0.4, -0.2) is 29.4 Å². The molecule has 0 amide bonds. The highest BCUT2D eigenvalue weighted by atomic mass is 79.9. The molecule has 1 aliphatic carbocycles. The Morgan fingerprint density at radius 3 is 2.03 bits per heavy atom. The van der Waals surface area contributed by atoms with E-state index in [2.05, 4.69) is 27.8 Å². The van der Waals surface area contributed by atoms with Crippen LogP contribution in [0.5, 0.6) is 0 Å². The minimum absolute atomic E-state index is 0.390. The van der Waals surface area contributed by atoms with Gasteiger partial charge in [0.05, 0.1) is 11.3 Å². The zero-order valence-electron chi connectivity index (χ0n) is 22.6. The minimum Gasteiger partial charge on any atom is -0.453 e. The number of hydrogen-bond acceptors (Lipinski definition) is 6. The Labute approximate surface area is 239 Å². The molecule has 7 heteroatoms. The molecule has 0 radical (unpaired) electrons. The first-order valence-corrected chi connectivity index (χ1v) is 14.5. The monoisotopic (exact) mass is 592 g/mol. The Balaban J connectivity index is 1.65. The van der Waals surface area contributed by atoms with Crippen molar-refractivity contribution in [1.29, 1.82) is 0 Å². The summed E-state index contributed by atoms with van der Waals surface area (Å²) >= 11 is 3.56. The number of anilines is 1. The average molecular weight is 594 g/mol. The van der Waals surface area contributed by atoms with Crippen molar-refractivity contribution in [3.63, 3.8) is 0 Å². The van der Waals surface area contributed by atoms with Crippen molar-refractivity contribution in [3.05, 3.63) is 99.5 Å². The second-order valence-electron chi connectivity index (χ2n) is 10.1. The van der Waals surface area contributed by atoms with Gasteiger partial charge in [0.1, 0.15) is 0 Å². The number of ether oxygens (including phenoxy) is 2. The lowest BCUT2D eigenvalue weighted by Gasteiger charge is -2.34. The van der Waals surface area contributed by atoms with E-state index in [0.717, 1.165) is 23.2 Å². The summed E-state index contributed by atoms with van der Waals surface area (Å²) in [7, 11) is 0. The summed E-state index contributed by atoms with van der Waals surface area (Å²) < 4.78 is 12.5. The topological polar surface area (TPSA) is 81.9 Å². The van der Waals surface area contributed by atoms with Gasteiger partial charge >= 0.3 is 11.9 Å². The van der Waals surface area contributed by atoms with E-state index in [1.165, 1.54) is 39.0 Å². The molecule has 0 aliphatic heterocycles. The number of nitrogen functional groups attached to an aromatic ring is 1. The summed E-state index contributed by atoms with van der Waals surface area (Å²) in [5.41, 5.74) is 9.84. The summed E-state index contributed by atoms with van der Waals surface area (Å²) in [5.74, 6) is -0.972. The van der Waals surface area contributed by atoms with E-state index in [0.29, 0.717) is 28.3 Å². The fourth-order valence-electron chi connectivity index (χ4n) is 5.34. The number of nitrogens with two attached hydrogens (primary N) is 1. The Morgan fingerprint density at radius 1 is 0.923 bits per heavy atom. The molecular weight excluding hydrogens is 556 g/mol. The fourth-order valence-corrected chi connectivity index (χ4v) is 5.85. The summed E-state index contributed by atoms with van der Waals surface area (Å²) in [5, 5.41) is 0. The van der Waals surface area contributed by atoms with Gasteiger partial charge in [-0.25, -0.2) is 4.79 Å². The SMILES string of the molecule is CCN(Cc1cc(C(=O)OC(c2ccccc2)C(OC(C)=O)c2ccccc2)cc(Br)c1N)C1CCCCC1. The van der Waals surface area contributed by atoms with Crippen molar-refractivity contribution in [2.45, 2.75) is 70.7 Å². The predicted octanol–water partition coefficient (Wildman–Crippen LogP) is 7.39. The van der Waals surface area contributed by atoms with E-state index in [1.54, 1.807) is 6.07 Å². The van der Waals surface area contributed by atoms with Crippen LogP contribution in [-0.2, 0) is 20.8 Å². The van der Waals surface area contributed by atoms with E-state index >= 15 is 0 Å². The van der Waals surface area contributed by atoms with Crippen LogP contribution in [0.25, 0.3) is 0 Å². The predicted molar refractivity (Wildman–Crippen MR) is 157 cm³/mol. The number of carbonyl (C=O) groups is 2. The Morgan fingerprint density at radius 2 is 1.49 bits per heavy atom. The van der Waals surface area contributed by atoms with Crippen LogP contribution in [0, 0.1) is 0 Å². The number of carbonyl (C=O) groups excluding carboxylic acids is 2. The molecule has 1 fully saturated rings. The lowest BCUT2D eigenvalue weighted by atomic mass is 9.93. The van der Waals surface area contributed by atoms with Gasteiger partial charge in [-0.15, -0.1) is 0 Å². The molecule has 2 atom stereocenters. The summed E-state index contributed by atoms with van der Waals surface area (Å²) in [4.78, 5) is 28.3. The largest absolute Gasteiger partial charge is 0.453 e. The lowest BCUT2D eigenvalue weighted by molar-refractivity contribution is -0.153. The van der Waals surface area contributed by atoms with Gasteiger partial charge < -0.3 is 15.2 Å². The van der Waals surface area contributed by atoms with Crippen molar-refractivity contribution in [1.82, 2.24) is 4.90 Å². The second-order valence-corrected chi connectivity index (χ2v) is 10.9. The van der Waals surface area contributed by atoms with Crippen LogP contribution < -0.4 is 5.73 Å². The molecule has 39 heavy (non-hydrogen) atoms. The van der Waals surface area contributed by atoms with Crippen molar-refractivity contribution >= 4 is 33.6 Å². The zero-order chi connectivity index (χ0) is 27.8. The van der Waals surface area contributed by atoms with E-state index in [1.807, 2.05) is 66.7 Å². The van der Waals surface area contributed by atoms with E-state index in [4.69, 9.17) is 15.2 Å². The molecule has 2 N–H and O–H groups in total. The van der Waals surface area contributed by atoms with Crippen LogP contribution in [0.4, 0.5) is 5.69 Å². The number of benzene rings is 3. The van der Waals surface area contributed by atoms with Crippen molar-refractivity contribution in [2.75, 3.05) is 12.3 Å².